The summed E-state index contributed by atoms with van der Waals surface area (Å²) in [6.45, 7) is 0.316. The molecule has 0 bridgehead atoms. The van der Waals surface area contributed by atoms with Crippen molar-refractivity contribution in [3.63, 3.8) is 0 Å². The molecule has 1 aromatic heterocycles. The van der Waals surface area contributed by atoms with E-state index in [0.29, 0.717) is 17.8 Å². The highest BCUT2D eigenvalue weighted by atomic mass is 16.3. The Hall–Kier alpha value is -1.66. The van der Waals surface area contributed by atoms with Crippen LogP contribution in [-0.2, 0) is 0 Å². The Morgan fingerprint density at radius 3 is 2.85 bits per heavy atom. The van der Waals surface area contributed by atoms with Gasteiger partial charge in [-0.3, -0.25) is 15.6 Å². The van der Waals surface area contributed by atoms with Crippen molar-refractivity contribution in [1.82, 2.24) is 9.88 Å². The SMILES string of the molecule is NNc1ccncc1C(=O)N(CCO)C1CCCCC1. The molecule has 1 aromatic rings. The molecule has 1 saturated carbocycles. The summed E-state index contributed by atoms with van der Waals surface area (Å²) in [6, 6.07) is 1.87. The lowest BCUT2D eigenvalue weighted by Crippen LogP contribution is -2.43. The minimum Gasteiger partial charge on any atom is -0.395 e. The Morgan fingerprint density at radius 1 is 1.45 bits per heavy atom. The zero-order valence-corrected chi connectivity index (χ0v) is 11.6. The Morgan fingerprint density at radius 2 is 2.20 bits per heavy atom. The standard InChI is InChI=1S/C14H22N4O2/c15-17-13-6-7-16-10-12(13)14(20)18(8-9-19)11-4-2-1-3-5-11/h6-7,10-11,19H,1-5,8-9,15H2,(H,16,17). The summed E-state index contributed by atoms with van der Waals surface area (Å²) in [5.41, 5.74) is 3.54. The first-order valence-corrected chi connectivity index (χ1v) is 7.10. The molecule has 0 saturated heterocycles. The van der Waals surface area contributed by atoms with Crippen LogP contribution in [0.15, 0.2) is 18.5 Å². The molecule has 4 N–H and O–H groups in total. The van der Waals surface area contributed by atoms with E-state index in [9.17, 15) is 9.90 Å². The number of carbonyl (C=O) groups is 1. The third-order valence-electron chi connectivity index (χ3n) is 3.82. The van der Waals surface area contributed by atoms with E-state index in [0.717, 1.165) is 25.7 Å². The summed E-state index contributed by atoms with van der Waals surface area (Å²) < 4.78 is 0. The number of amides is 1. The minimum absolute atomic E-state index is 0.0338. The van der Waals surface area contributed by atoms with Gasteiger partial charge in [0.1, 0.15) is 0 Å². The molecule has 0 aromatic carbocycles. The van der Waals surface area contributed by atoms with Crippen LogP contribution in [0, 0.1) is 0 Å². The zero-order chi connectivity index (χ0) is 14.4. The van der Waals surface area contributed by atoms with Crippen LogP contribution in [0.5, 0.6) is 0 Å². The maximum absolute atomic E-state index is 12.7. The van der Waals surface area contributed by atoms with E-state index in [1.165, 1.54) is 12.6 Å². The summed E-state index contributed by atoms with van der Waals surface area (Å²) in [7, 11) is 0. The molecule has 110 valence electrons. The molecular weight excluding hydrogens is 256 g/mol. The molecule has 6 nitrogen and oxygen atoms in total. The number of aliphatic hydroxyl groups is 1. The van der Waals surface area contributed by atoms with Gasteiger partial charge in [0, 0.05) is 25.0 Å². The van der Waals surface area contributed by atoms with Crippen LogP contribution in [0.2, 0.25) is 0 Å². The topological polar surface area (TPSA) is 91.5 Å². The third kappa shape index (κ3) is 3.26. The Labute approximate surface area is 119 Å². The fourth-order valence-electron chi connectivity index (χ4n) is 2.80. The fourth-order valence-corrected chi connectivity index (χ4v) is 2.80. The highest BCUT2D eigenvalue weighted by Gasteiger charge is 2.27. The number of pyridine rings is 1. The highest BCUT2D eigenvalue weighted by molar-refractivity contribution is 5.99. The molecule has 6 heteroatoms. The normalized spacial score (nSPS) is 15.9. The molecule has 20 heavy (non-hydrogen) atoms. The number of hydrogen-bond donors (Lipinski definition) is 3. The summed E-state index contributed by atoms with van der Waals surface area (Å²) in [5.74, 6) is 5.32. The van der Waals surface area contributed by atoms with Gasteiger partial charge in [-0.05, 0) is 18.9 Å². The average molecular weight is 278 g/mol. The number of hydrazine groups is 1. The Kier molecular flexibility index (Phi) is 5.31. The number of carbonyl (C=O) groups excluding carboxylic acids is 1. The first kappa shape index (κ1) is 14.7. The quantitative estimate of drug-likeness (QED) is 0.555. The second kappa shape index (κ2) is 7.21. The van der Waals surface area contributed by atoms with Crippen LogP contribution >= 0.6 is 0 Å². The van der Waals surface area contributed by atoms with Gasteiger partial charge in [0.2, 0.25) is 0 Å². The van der Waals surface area contributed by atoms with Crippen molar-refractivity contribution < 1.29 is 9.90 Å². The number of nitrogens with two attached hydrogens (primary N) is 1. The number of nitrogens with zero attached hydrogens (tertiary/aromatic N) is 2. The second-order valence-electron chi connectivity index (χ2n) is 5.08. The molecule has 2 rings (SSSR count). The van der Waals surface area contributed by atoms with Crippen LogP contribution in [-0.4, -0.2) is 40.1 Å². The molecule has 1 amide bonds. The lowest BCUT2D eigenvalue weighted by Gasteiger charge is -2.34. The zero-order valence-electron chi connectivity index (χ0n) is 11.6. The molecule has 0 spiro atoms. The van der Waals surface area contributed by atoms with Gasteiger partial charge in [-0.1, -0.05) is 19.3 Å². The second-order valence-corrected chi connectivity index (χ2v) is 5.08. The molecular formula is C14H22N4O2. The smallest absolute Gasteiger partial charge is 0.257 e. The van der Waals surface area contributed by atoms with E-state index in [4.69, 9.17) is 5.84 Å². The van der Waals surface area contributed by atoms with E-state index in [1.54, 1.807) is 17.2 Å². The van der Waals surface area contributed by atoms with E-state index >= 15 is 0 Å². The molecule has 0 aliphatic heterocycles. The maximum Gasteiger partial charge on any atom is 0.257 e. The molecule has 1 aliphatic carbocycles. The summed E-state index contributed by atoms with van der Waals surface area (Å²) >= 11 is 0. The van der Waals surface area contributed by atoms with Crippen LogP contribution in [0.1, 0.15) is 42.5 Å². The largest absolute Gasteiger partial charge is 0.395 e. The lowest BCUT2D eigenvalue weighted by molar-refractivity contribution is 0.0586. The monoisotopic (exact) mass is 278 g/mol. The van der Waals surface area contributed by atoms with Crippen LogP contribution in [0.3, 0.4) is 0 Å². The van der Waals surface area contributed by atoms with Crippen molar-refractivity contribution in [3.05, 3.63) is 24.0 Å². The first-order chi connectivity index (χ1) is 9.77. The Bertz CT molecular complexity index is 447. The van der Waals surface area contributed by atoms with E-state index < -0.39 is 0 Å². The van der Waals surface area contributed by atoms with Gasteiger partial charge >= 0.3 is 0 Å². The predicted octanol–water partition coefficient (Wildman–Crippen LogP) is 1.13. The van der Waals surface area contributed by atoms with Crippen LogP contribution < -0.4 is 11.3 Å². The van der Waals surface area contributed by atoms with Gasteiger partial charge in [-0.2, -0.15) is 0 Å². The third-order valence-corrected chi connectivity index (χ3v) is 3.82. The van der Waals surface area contributed by atoms with Crippen molar-refractivity contribution in [2.45, 2.75) is 38.1 Å². The summed E-state index contributed by atoms with van der Waals surface area (Å²) in [4.78, 5) is 18.5. The number of anilines is 1. The number of nitrogen functional groups attached to an aromatic ring is 1. The minimum atomic E-state index is -0.119. The molecule has 1 fully saturated rings. The summed E-state index contributed by atoms with van der Waals surface area (Å²) in [5, 5.41) is 9.24. The van der Waals surface area contributed by atoms with Crippen molar-refractivity contribution in [2.24, 2.45) is 5.84 Å². The summed E-state index contributed by atoms with van der Waals surface area (Å²) in [6.07, 6.45) is 8.59. The van der Waals surface area contributed by atoms with Gasteiger partial charge in [0.15, 0.2) is 0 Å². The van der Waals surface area contributed by atoms with Crippen molar-refractivity contribution in [1.29, 1.82) is 0 Å². The Balaban J connectivity index is 2.21. The highest BCUT2D eigenvalue weighted by Crippen LogP contribution is 2.25. The molecule has 1 heterocycles. The molecule has 0 radical (unpaired) electrons. The van der Waals surface area contributed by atoms with Gasteiger partial charge < -0.3 is 15.4 Å². The van der Waals surface area contributed by atoms with Crippen molar-refractivity contribution in [2.75, 3.05) is 18.6 Å². The van der Waals surface area contributed by atoms with Gasteiger partial charge in [0.25, 0.3) is 5.91 Å². The number of rotatable bonds is 5. The molecule has 0 unspecified atom stereocenters. The van der Waals surface area contributed by atoms with E-state index in [-0.39, 0.29) is 18.6 Å². The molecule has 0 atom stereocenters. The predicted molar refractivity (Wildman–Crippen MR) is 77.0 cm³/mol. The van der Waals surface area contributed by atoms with Crippen molar-refractivity contribution in [3.8, 4) is 0 Å². The van der Waals surface area contributed by atoms with Crippen LogP contribution in [0.4, 0.5) is 5.69 Å². The van der Waals surface area contributed by atoms with Gasteiger partial charge in [-0.25, -0.2) is 0 Å². The van der Waals surface area contributed by atoms with Crippen molar-refractivity contribution >= 4 is 11.6 Å². The van der Waals surface area contributed by atoms with Gasteiger partial charge in [0.05, 0.1) is 17.9 Å². The van der Waals surface area contributed by atoms with E-state index in [2.05, 4.69) is 10.4 Å². The number of aromatic nitrogens is 1. The first-order valence-electron chi connectivity index (χ1n) is 7.10. The average Bonchev–Trinajstić information content (AvgIpc) is 2.52. The van der Waals surface area contributed by atoms with Gasteiger partial charge in [-0.15, -0.1) is 0 Å². The number of hydrogen-bond acceptors (Lipinski definition) is 5. The van der Waals surface area contributed by atoms with Crippen LogP contribution in [0.25, 0.3) is 0 Å². The number of nitrogens with one attached hydrogen (secondary N) is 1. The van der Waals surface area contributed by atoms with E-state index in [1.807, 2.05) is 0 Å². The lowest BCUT2D eigenvalue weighted by atomic mass is 9.93. The number of aliphatic hydroxyl groups excluding tert-OH is 1. The fraction of sp³-hybridized carbons (Fsp3) is 0.571. The maximum atomic E-state index is 12.7. The molecule has 1 aliphatic rings.